The van der Waals surface area contributed by atoms with Crippen molar-refractivity contribution in [1.29, 1.82) is 0 Å². The first kappa shape index (κ1) is 20.2. The van der Waals surface area contributed by atoms with Crippen LogP contribution in [-0.2, 0) is 4.74 Å². The fraction of sp³-hybridized carbons (Fsp3) is 0.333. The van der Waals surface area contributed by atoms with Crippen molar-refractivity contribution in [2.75, 3.05) is 24.6 Å². The van der Waals surface area contributed by atoms with Crippen LogP contribution in [0.15, 0.2) is 42.9 Å². The Kier molecular flexibility index (Phi) is 4.79. The monoisotopic (exact) mass is 448 g/mol. The minimum Gasteiger partial charge on any atom is -0.370 e. The molecule has 1 saturated carbocycles. The summed E-state index contributed by atoms with van der Waals surface area (Å²) >= 11 is 0. The molecule has 1 aliphatic carbocycles. The van der Waals surface area contributed by atoms with Gasteiger partial charge in [-0.05, 0) is 43.5 Å². The number of aromatic nitrogens is 5. The number of pyridine rings is 1. The van der Waals surface area contributed by atoms with Crippen molar-refractivity contribution in [3.05, 3.63) is 65.6 Å². The summed E-state index contributed by atoms with van der Waals surface area (Å²) in [6.07, 6.45) is 7.75. The predicted molar refractivity (Wildman–Crippen MR) is 119 cm³/mol. The number of hydrogen-bond acceptors (Lipinski definition) is 6. The zero-order chi connectivity index (χ0) is 22.5. The van der Waals surface area contributed by atoms with Crippen molar-refractivity contribution in [2.24, 2.45) is 0 Å². The van der Waals surface area contributed by atoms with Gasteiger partial charge < -0.3 is 9.64 Å². The molecule has 9 heteroatoms. The third kappa shape index (κ3) is 3.72. The molecule has 0 unspecified atom stereocenters. The van der Waals surface area contributed by atoms with Gasteiger partial charge in [0, 0.05) is 41.5 Å². The summed E-state index contributed by atoms with van der Waals surface area (Å²) in [4.78, 5) is 15.9. The Morgan fingerprint density at radius 1 is 1.12 bits per heavy atom. The molecule has 168 valence electrons. The second-order valence-electron chi connectivity index (χ2n) is 8.61. The van der Waals surface area contributed by atoms with E-state index >= 15 is 0 Å². The standard InChI is InChI=1S/C24H22F2N6O/c1-14-6-7-27-23-21(14)22(18-5-2-16(25)10-19(18)26)29-24(30-23)31-8-9-33-20(13-31)15-11-28-32(12-15)17-3-4-17/h2,5-7,10-12,17,20H,3-4,8-9,13H2,1H3/t20-/m1/s1. The molecular formula is C24H22F2N6O. The number of aryl methyl sites for hydroxylation is 1. The second kappa shape index (κ2) is 7.84. The molecule has 4 aromatic rings. The van der Waals surface area contributed by atoms with Gasteiger partial charge in [0.2, 0.25) is 5.95 Å². The third-order valence-electron chi connectivity index (χ3n) is 6.24. The van der Waals surface area contributed by atoms with Crippen molar-refractivity contribution in [3.8, 4) is 11.3 Å². The summed E-state index contributed by atoms with van der Waals surface area (Å²) in [6.45, 7) is 3.54. The van der Waals surface area contributed by atoms with E-state index in [1.54, 1.807) is 6.20 Å². The highest BCUT2D eigenvalue weighted by Crippen LogP contribution is 2.36. The molecule has 0 radical (unpaired) electrons. The maximum Gasteiger partial charge on any atom is 0.228 e. The van der Waals surface area contributed by atoms with Gasteiger partial charge in [0.05, 0.1) is 31.1 Å². The van der Waals surface area contributed by atoms with E-state index in [4.69, 9.17) is 14.7 Å². The molecule has 3 aromatic heterocycles. The number of halogens is 2. The molecule has 0 spiro atoms. The number of fused-ring (bicyclic) bond motifs is 1. The molecule has 1 atom stereocenters. The number of rotatable bonds is 4. The summed E-state index contributed by atoms with van der Waals surface area (Å²) in [6, 6.07) is 5.86. The Morgan fingerprint density at radius 3 is 2.82 bits per heavy atom. The van der Waals surface area contributed by atoms with Gasteiger partial charge in [0.1, 0.15) is 17.7 Å². The Morgan fingerprint density at radius 2 is 2.00 bits per heavy atom. The minimum absolute atomic E-state index is 0.165. The van der Waals surface area contributed by atoms with E-state index in [0.717, 1.165) is 17.2 Å². The Bertz CT molecular complexity index is 1350. The molecule has 0 N–H and O–H groups in total. The largest absolute Gasteiger partial charge is 0.370 e. The van der Waals surface area contributed by atoms with Crippen LogP contribution >= 0.6 is 0 Å². The topological polar surface area (TPSA) is 69.0 Å². The third-order valence-corrected chi connectivity index (χ3v) is 6.24. The fourth-order valence-corrected chi connectivity index (χ4v) is 4.31. The van der Waals surface area contributed by atoms with Crippen LogP contribution in [0.3, 0.4) is 0 Å². The van der Waals surface area contributed by atoms with Crippen LogP contribution < -0.4 is 4.90 Å². The van der Waals surface area contributed by atoms with Crippen molar-refractivity contribution >= 4 is 17.0 Å². The minimum atomic E-state index is -0.670. The maximum atomic E-state index is 14.8. The number of hydrogen-bond donors (Lipinski definition) is 0. The lowest BCUT2D eigenvalue weighted by Gasteiger charge is -2.32. The van der Waals surface area contributed by atoms with Gasteiger partial charge in [-0.1, -0.05) is 0 Å². The average molecular weight is 448 g/mol. The van der Waals surface area contributed by atoms with Gasteiger partial charge in [0.25, 0.3) is 0 Å². The van der Waals surface area contributed by atoms with Gasteiger partial charge in [-0.3, -0.25) is 4.68 Å². The van der Waals surface area contributed by atoms with Crippen LogP contribution in [0.2, 0.25) is 0 Å². The van der Waals surface area contributed by atoms with Crippen molar-refractivity contribution in [3.63, 3.8) is 0 Å². The lowest BCUT2D eigenvalue weighted by molar-refractivity contribution is 0.0392. The van der Waals surface area contributed by atoms with E-state index in [9.17, 15) is 8.78 Å². The van der Waals surface area contributed by atoms with Crippen LogP contribution in [-0.4, -0.2) is 44.4 Å². The molecule has 2 fully saturated rings. The second-order valence-corrected chi connectivity index (χ2v) is 8.61. The van der Waals surface area contributed by atoms with E-state index in [1.807, 2.05) is 28.8 Å². The van der Waals surface area contributed by atoms with E-state index in [1.165, 1.54) is 25.0 Å². The number of benzene rings is 1. The molecule has 4 heterocycles. The average Bonchev–Trinajstić information content (AvgIpc) is 3.55. The highest BCUT2D eigenvalue weighted by atomic mass is 19.1. The number of ether oxygens (including phenoxy) is 1. The molecule has 0 bridgehead atoms. The van der Waals surface area contributed by atoms with Gasteiger partial charge in [-0.15, -0.1) is 0 Å². The van der Waals surface area contributed by atoms with Crippen LogP contribution in [0.4, 0.5) is 14.7 Å². The highest BCUT2D eigenvalue weighted by Gasteiger charge is 2.29. The van der Waals surface area contributed by atoms with E-state index in [2.05, 4.69) is 16.3 Å². The van der Waals surface area contributed by atoms with Gasteiger partial charge >= 0.3 is 0 Å². The summed E-state index contributed by atoms with van der Waals surface area (Å²) in [7, 11) is 0. The molecule has 33 heavy (non-hydrogen) atoms. The molecule has 1 saturated heterocycles. The van der Waals surface area contributed by atoms with Gasteiger partial charge in [0.15, 0.2) is 5.65 Å². The Balaban J connectivity index is 1.40. The SMILES string of the molecule is Cc1ccnc2nc(N3CCO[C@@H](c4cnn(C5CC5)c4)C3)nc(-c3ccc(F)cc3F)c12. The van der Waals surface area contributed by atoms with Crippen LogP contribution in [0.5, 0.6) is 0 Å². The summed E-state index contributed by atoms with van der Waals surface area (Å²) < 4.78 is 36.4. The smallest absolute Gasteiger partial charge is 0.228 e. The van der Waals surface area contributed by atoms with Crippen molar-refractivity contribution < 1.29 is 13.5 Å². The van der Waals surface area contributed by atoms with E-state index in [-0.39, 0.29) is 11.7 Å². The lowest BCUT2D eigenvalue weighted by atomic mass is 10.0. The first-order chi connectivity index (χ1) is 16.1. The molecule has 7 nitrogen and oxygen atoms in total. The first-order valence-corrected chi connectivity index (χ1v) is 11.1. The lowest BCUT2D eigenvalue weighted by Crippen LogP contribution is -2.39. The number of nitrogens with zero attached hydrogens (tertiary/aromatic N) is 6. The molecule has 2 aliphatic rings. The van der Waals surface area contributed by atoms with Gasteiger partial charge in [-0.25, -0.2) is 18.7 Å². The Labute approximate surface area is 189 Å². The van der Waals surface area contributed by atoms with Crippen LogP contribution in [0.25, 0.3) is 22.3 Å². The van der Waals surface area contributed by atoms with E-state index in [0.29, 0.717) is 48.4 Å². The highest BCUT2D eigenvalue weighted by molar-refractivity contribution is 5.93. The normalized spacial score (nSPS) is 18.8. The zero-order valence-electron chi connectivity index (χ0n) is 18.1. The van der Waals surface area contributed by atoms with Crippen LogP contribution in [0, 0.1) is 18.6 Å². The van der Waals surface area contributed by atoms with Gasteiger partial charge in [-0.2, -0.15) is 10.1 Å². The summed E-state index contributed by atoms with van der Waals surface area (Å²) in [5.41, 5.74) is 2.99. The zero-order valence-corrected chi connectivity index (χ0v) is 18.1. The van der Waals surface area contributed by atoms with Crippen molar-refractivity contribution in [2.45, 2.75) is 31.9 Å². The summed E-state index contributed by atoms with van der Waals surface area (Å²) in [5, 5.41) is 5.13. The van der Waals surface area contributed by atoms with E-state index < -0.39 is 11.6 Å². The van der Waals surface area contributed by atoms with Crippen molar-refractivity contribution in [1.82, 2.24) is 24.7 Å². The molecule has 1 aliphatic heterocycles. The quantitative estimate of drug-likeness (QED) is 0.461. The van der Waals surface area contributed by atoms with Crippen LogP contribution in [0.1, 0.15) is 36.1 Å². The molecule has 6 rings (SSSR count). The molecule has 0 amide bonds. The first-order valence-electron chi connectivity index (χ1n) is 11.1. The fourth-order valence-electron chi connectivity index (χ4n) is 4.31. The predicted octanol–water partition coefficient (Wildman–Crippen LogP) is 4.39. The molecular weight excluding hydrogens is 426 g/mol. The number of anilines is 1. The maximum absolute atomic E-state index is 14.8. The number of morpholine rings is 1. The Hall–Kier alpha value is -3.46. The summed E-state index contributed by atoms with van der Waals surface area (Å²) in [5.74, 6) is -0.855. The molecule has 1 aromatic carbocycles.